The maximum atomic E-state index is 12.8. The Morgan fingerprint density at radius 2 is 1.06 bits per heavy atom. The van der Waals surface area contributed by atoms with Crippen molar-refractivity contribution in [2.45, 2.75) is 195 Å². The Labute approximate surface area is 943 Å². The zero-order valence-corrected chi connectivity index (χ0v) is 100. The fraction of sp³-hybridized carbons (Fsp3) is 0.554. The molecule has 4 N–H and O–H groups in total. The number of nitrogens with zero attached hydrogens (tertiary/aromatic N) is 11. The van der Waals surface area contributed by atoms with Crippen molar-refractivity contribution in [1.82, 2.24) is 54.2 Å². The number of nitrogen functional groups attached to an aromatic ring is 1. The first-order valence-electron chi connectivity index (χ1n) is 43.5. The number of aromatic nitrogens is 4. The van der Waals surface area contributed by atoms with Crippen LogP contribution in [0.2, 0.25) is 0 Å². The number of alkyl halides is 3. The van der Waals surface area contributed by atoms with Gasteiger partial charge in [0.15, 0.2) is 0 Å². The quantitative estimate of drug-likeness (QED) is 0.0158. The number of likely N-dealkylation sites (tertiary alicyclic amines) is 5. The minimum absolute atomic E-state index is 0. The SMILES string of the molecule is C.CC.CN1CCC(C(=O)Nc2cccc(Br)c2)C1.CN1CCC(C(=O)O)C1.CN1CCC(c2nc3cc(B4OC(C)(C)C(C)(C)O4)ccc3s2)C1.CN1CCC(c2nc3cc(Br)ccc3s2)C1.C[C@H]1CC=C(OS(=O)(=O)C(F)(F)F)N(C(=O)OC(C)(C)C)C1.C[C@H]1CC=C(c2cnc3sc(C4CCN(C)C4)nc3c2)N(C(=O)OC(C)(C)C)C1.Nc1cc(Br)ccc1F.O=CO[O-].[Cs+].[Cs+].[H-]. The summed E-state index contributed by atoms with van der Waals surface area (Å²) in [5, 5.41) is 23.6. The van der Waals surface area contributed by atoms with Gasteiger partial charge in [-0.1, -0.05) is 112 Å². The van der Waals surface area contributed by atoms with Crippen molar-refractivity contribution in [3.8, 4) is 0 Å². The molecule has 12 heterocycles. The molecule has 8 aliphatic rings. The van der Waals surface area contributed by atoms with Crippen molar-refractivity contribution in [3.05, 3.63) is 149 Å². The van der Waals surface area contributed by atoms with Crippen LogP contribution in [0.1, 0.15) is 189 Å². The molecular weight excluding hydrogens is 2250 g/mol. The van der Waals surface area contributed by atoms with Gasteiger partial charge >= 0.3 is 179 Å². The molecule has 0 radical (unpaired) electrons. The number of anilines is 2. The predicted molar refractivity (Wildman–Crippen MR) is 527 cm³/mol. The van der Waals surface area contributed by atoms with Crippen LogP contribution < -0.4 is 160 Å². The number of pyridine rings is 1. The molecule has 6 saturated heterocycles. The average Bonchev–Trinajstić information content (AvgIpc) is 1.62. The van der Waals surface area contributed by atoms with Gasteiger partial charge in [0.1, 0.15) is 27.4 Å². The molecule has 134 heavy (non-hydrogen) atoms. The van der Waals surface area contributed by atoms with Gasteiger partial charge in [0.05, 0.1) is 69.9 Å². The van der Waals surface area contributed by atoms with Gasteiger partial charge in [-0.2, -0.15) is 21.6 Å². The molecule has 0 aliphatic carbocycles. The number of thiazole rings is 3. The van der Waals surface area contributed by atoms with E-state index < -0.39 is 44.8 Å². The summed E-state index contributed by atoms with van der Waals surface area (Å²) < 4.78 is 104. The molecule has 7 atom stereocenters. The largest absolute Gasteiger partial charge is 1.00 e. The van der Waals surface area contributed by atoms with Gasteiger partial charge in [0, 0.05) is 94.4 Å². The Bertz CT molecular complexity index is 5360. The van der Waals surface area contributed by atoms with Crippen LogP contribution in [0.4, 0.5) is 38.5 Å². The third kappa shape index (κ3) is 37.1. The summed E-state index contributed by atoms with van der Waals surface area (Å²) in [6, 6.07) is 27.0. The zero-order chi connectivity index (χ0) is 97.0. The Kier molecular flexibility index (Phi) is 49.7. The zero-order valence-electron chi connectivity index (χ0n) is 80.9. The average molecular weight is 2380 g/mol. The van der Waals surface area contributed by atoms with Crippen molar-refractivity contribution in [1.29, 1.82) is 0 Å². The van der Waals surface area contributed by atoms with E-state index in [1.54, 1.807) is 50.0 Å². The molecule has 4 aromatic heterocycles. The number of carboxylic acids is 1. The molecule has 0 bridgehead atoms. The minimum atomic E-state index is -5.84. The second-order valence-corrected chi connectivity index (χ2v) is 44.0. The number of hydrogen-bond acceptors (Lipinski definition) is 27. The first kappa shape index (κ1) is 121. The maximum absolute atomic E-state index is 12.8. The number of benzene rings is 4. The summed E-state index contributed by atoms with van der Waals surface area (Å²) in [4.78, 5) is 92.4. The number of aliphatic carboxylic acids is 1. The van der Waals surface area contributed by atoms with E-state index in [2.05, 4.69) is 191 Å². The van der Waals surface area contributed by atoms with Gasteiger partial charge in [0.2, 0.25) is 11.8 Å². The van der Waals surface area contributed by atoms with Crippen LogP contribution in [0.15, 0.2) is 123 Å². The summed E-state index contributed by atoms with van der Waals surface area (Å²) >= 11 is 15.4. The van der Waals surface area contributed by atoms with Gasteiger partial charge in [-0.05, 0) is 278 Å². The van der Waals surface area contributed by atoms with Crippen molar-refractivity contribution in [2.75, 3.05) is 125 Å². The summed E-state index contributed by atoms with van der Waals surface area (Å²) in [5.74, 6) is 0.454. The van der Waals surface area contributed by atoms with E-state index >= 15 is 0 Å². The summed E-state index contributed by atoms with van der Waals surface area (Å²) in [7, 11) is 4.36. The van der Waals surface area contributed by atoms with Crippen LogP contribution in [0, 0.1) is 29.5 Å². The number of amides is 3. The van der Waals surface area contributed by atoms with Gasteiger partial charge in [-0.25, -0.2) is 38.8 Å². The number of hydrogen-bond donors (Lipinski definition) is 3. The van der Waals surface area contributed by atoms with Gasteiger partial charge in [0.25, 0.3) is 6.47 Å². The maximum Gasteiger partial charge on any atom is 1.00 e. The Hall–Kier alpha value is -3.31. The first-order valence-corrected chi connectivity index (χ1v) is 49.8. The molecule has 8 aromatic rings. The van der Waals surface area contributed by atoms with Crippen molar-refractivity contribution >= 4 is 183 Å². The molecule has 0 saturated carbocycles. The molecule has 730 valence electrons. The number of nitrogens with one attached hydrogen (secondary N) is 1. The van der Waals surface area contributed by atoms with Crippen LogP contribution in [0.3, 0.4) is 0 Å². The second-order valence-electron chi connectivity index (χ2n) is 36.5. The van der Waals surface area contributed by atoms with E-state index in [0.29, 0.717) is 30.2 Å². The predicted octanol–water partition coefficient (Wildman–Crippen LogP) is 12.9. The Balaban J connectivity index is 0.000000333. The van der Waals surface area contributed by atoms with Crippen LogP contribution >= 0.6 is 81.8 Å². The molecule has 5 unspecified atom stereocenters. The number of nitrogens with two attached hydrogens (primary N) is 1. The van der Waals surface area contributed by atoms with E-state index in [4.69, 9.17) is 54.6 Å². The number of allylic oxidation sites excluding steroid dienone is 2. The van der Waals surface area contributed by atoms with Crippen LogP contribution in [-0.2, 0) is 52.4 Å². The topological polar surface area (TPSA) is 330 Å². The minimum Gasteiger partial charge on any atom is -1.00 e. The molecule has 0 spiro atoms. The molecule has 8 aliphatic heterocycles. The fourth-order valence-corrected chi connectivity index (χ4v) is 19.6. The van der Waals surface area contributed by atoms with E-state index in [1.807, 2.05) is 107 Å². The molecule has 42 heteroatoms. The first-order chi connectivity index (χ1) is 61.3. The van der Waals surface area contributed by atoms with E-state index in [1.165, 1.54) is 62.5 Å². The smallest absolute Gasteiger partial charge is 1.00 e. The third-order valence-corrected chi connectivity index (χ3v) is 28.3. The Morgan fingerprint density at radius 1 is 0.619 bits per heavy atom. The number of likely N-dealkylation sites (N-methyl/N-ethyl adjacent to an activating group) is 3. The van der Waals surface area contributed by atoms with Crippen LogP contribution in [0.5, 0.6) is 0 Å². The van der Waals surface area contributed by atoms with Crippen molar-refractivity contribution < 1.29 is 227 Å². The molecule has 28 nitrogen and oxygen atoms in total. The van der Waals surface area contributed by atoms with Crippen LogP contribution in [0.25, 0.3) is 36.5 Å². The number of carboxylic acid groups (broad SMARTS) is 1. The third-order valence-electron chi connectivity index (χ3n) is 22.4. The number of halogens is 7. The summed E-state index contributed by atoms with van der Waals surface area (Å²) in [6.45, 7) is 37.5. The molecule has 6 fully saturated rings. The number of fused-ring (bicyclic) bond motifs is 3. The van der Waals surface area contributed by atoms with E-state index in [9.17, 15) is 45.2 Å². The number of rotatable bonds is 11. The number of ether oxygens (including phenoxy) is 2. The molecule has 3 amide bonds. The van der Waals surface area contributed by atoms with Crippen molar-refractivity contribution in [3.63, 3.8) is 0 Å². The Morgan fingerprint density at radius 3 is 1.51 bits per heavy atom. The fourth-order valence-electron chi connectivity index (χ4n) is 14.8. The van der Waals surface area contributed by atoms with E-state index in [0.717, 1.165) is 146 Å². The van der Waals surface area contributed by atoms with Gasteiger partial charge in [-0.15, -0.1) is 22.7 Å². The van der Waals surface area contributed by atoms with Crippen LogP contribution in [-0.4, -0.2) is 247 Å². The molecular formula is C92H129BBr3Cs2F4N13O15S4. The molecule has 4 aromatic carbocycles. The summed E-state index contributed by atoms with van der Waals surface area (Å²) in [5.41, 5.74) is 4.61. The number of carbonyl (C=O) groups excluding carboxylic acids is 4. The normalized spacial score (nSPS) is 21.1. The van der Waals surface area contributed by atoms with Gasteiger partial charge < -0.3 is 75.2 Å². The van der Waals surface area contributed by atoms with Gasteiger partial charge in [-0.3, -0.25) is 19.3 Å². The monoisotopic (exact) mass is 2370 g/mol. The summed E-state index contributed by atoms with van der Waals surface area (Å²) in [6.07, 6.45) is 10.4. The van der Waals surface area contributed by atoms with Crippen molar-refractivity contribution in [2.24, 2.45) is 23.7 Å². The molecule has 16 rings (SSSR count). The van der Waals surface area contributed by atoms with E-state index in [-0.39, 0.29) is 226 Å². The second kappa shape index (κ2) is 55.0. The number of carbonyl (C=O) groups is 5. The standard InChI is InChI=1S/C22H30N4O2S.C18H25BN2O2S.C12H15BrN2O.C12H13BrN2S.C12H18F3NO5S.C6H5BrFN.C6H11NO2.C2H6.CH2O3.CH4.2Cs.H/c1-14-6-7-18(26(12-14)21(27)28-22(2,3)4)16-10-17-20(23-11-16)29-19(24-17)15-8-9-25(5)13-15;1-17(2)18(3,4)23-19(22-17)13-6-7-15-14(10-13)20-16(24-15)12-8-9-21(5)11-12;1-15-6-5-9(8-15)12(16)14-11-4-2-3-10(13)7-11;1-15-5-4-8(7-15)12-14-10-6-9(13)2-3-11(10)16-12;1-8-5-6-9(21-22(18,19)12(13,14)15)16(7-8)10(17)20-11(2,3)4;7-4-1-2-5(8)6(9)3-4;1-7-3-2-5(4-7)6(8)9;1-2;2-1-4-3;;;;/h7,10-11,14-15H,6,8-9,12-13H2,1-5H3;6-7,10,12H,8-9,11H2,1-5H3;2-4,7,9H,5-6,8H2,1H3,(H,14,16);2-3,6,8H,4-5,7H2,1H3;6,8H,5,7H2,1-4H3;1-3H,9H2;5H,2-4H2,1H3,(H,8,9);1-2H3;1,3H;1H4;;;/q;;;;;;;;;;2*+1;-1/p-1/t14-,15?;;;;8-;;;;;;;;/m0...0......../s1.